The quantitative estimate of drug-likeness (QED) is 0.921. The molecule has 2 heterocycles. The number of anilines is 1. The zero-order valence-electron chi connectivity index (χ0n) is 12.1. The van der Waals surface area contributed by atoms with Crippen molar-refractivity contribution in [3.8, 4) is 11.1 Å². The lowest BCUT2D eigenvalue weighted by atomic mass is 10.1. The molecule has 1 fully saturated rings. The molecule has 0 amide bonds. The Labute approximate surface area is 123 Å². The Bertz CT molecular complexity index is 636. The van der Waals surface area contributed by atoms with Gasteiger partial charge in [-0.15, -0.1) is 0 Å². The highest BCUT2D eigenvalue weighted by Gasteiger charge is 2.19. The summed E-state index contributed by atoms with van der Waals surface area (Å²) in [6, 6.07) is 6.98. The van der Waals surface area contributed by atoms with Crippen LogP contribution in [-0.4, -0.2) is 29.1 Å². The highest BCUT2D eigenvalue weighted by atomic mass is 19.1. The van der Waals surface area contributed by atoms with E-state index >= 15 is 0 Å². The molecule has 2 aromatic rings. The van der Waals surface area contributed by atoms with E-state index in [2.05, 4.69) is 14.9 Å². The van der Waals surface area contributed by atoms with Crippen molar-refractivity contribution in [1.82, 2.24) is 9.97 Å². The summed E-state index contributed by atoms with van der Waals surface area (Å²) in [6.07, 6.45) is 3.62. The van der Waals surface area contributed by atoms with E-state index in [4.69, 9.17) is 5.73 Å². The highest BCUT2D eigenvalue weighted by molar-refractivity contribution is 5.66. The van der Waals surface area contributed by atoms with Gasteiger partial charge in [0.2, 0.25) is 5.95 Å². The first-order chi connectivity index (χ1) is 10.1. The summed E-state index contributed by atoms with van der Waals surface area (Å²) in [6.45, 7) is 3.64. The van der Waals surface area contributed by atoms with Gasteiger partial charge in [0.25, 0.3) is 0 Å². The lowest BCUT2D eigenvalue weighted by Crippen LogP contribution is -2.40. The second-order valence-corrected chi connectivity index (χ2v) is 5.47. The lowest BCUT2D eigenvalue weighted by molar-refractivity contribution is 0.495. The number of nitrogens with two attached hydrogens (primary N) is 1. The lowest BCUT2D eigenvalue weighted by Gasteiger charge is -2.30. The minimum Gasteiger partial charge on any atom is -0.341 e. The smallest absolute Gasteiger partial charge is 0.225 e. The van der Waals surface area contributed by atoms with Crippen LogP contribution in [0.3, 0.4) is 0 Å². The van der Waals surface area contributed by atoms with Gasteiger partial charge in [0, 0.05) is 36.5 Å². The first-order valence-corrected chi connectivity index (χ1v) is 7.24. The largest absolute Gasteiger partial charge is 0.341 e. The van der Waals surface area contributed by atoms with E-state index in [-0.39, 0.29) is 11.9 Å². The van der Waals surface area contributed by atoms with Crippen molar-refractivity contribution in [3.05, 3.63) is 42.0 Å². The van der Waals surface area contributed by atoms with Gasteiger partial charge in [0.1, 0.15) is 5.82 Å². The molecule has 1 aliphatic rings. The first kappa shape index (κ1) is 13.9. The summed E-state index contributed by atoms with van der Waals surface area (Å²) in [5.41, 5.74) is 7.99. The maximum Gasteiger partial charge on any atom is 0.225 e. The molecule has 0 aliphatic carbocycles. The van der Waals surface area contributed by atoms with Gasteiger partial charge in [-0.2, -0.15) is 0 Å². The maximum atomic E-state index is 13.9. The van der Waals surface area contributed by atoms with Crippen LogP contribution in [0.25, 0.3) is 11.1 Å². The van der Waals surface area contributed by atoms with Crippen LogP contribution in [-0.2, 0) is 0 Å². The fourth-order valence-electron chi connectivity index (χ4n) is 2.65. The summed E-state index contributed by atoms with van der Waals surface area (Å²) in [5, 5.41) is 0. The number of piperidine rings is 1. The van der Waals surface area contributed by atoms with Crippen molar-refractivity contribution < 1.29 is 4.39 Å². The standard InChI is InChI=1S/C16H19FN4/c1-11-14(13-4-2-3-5-15(13)17)10-19-16(20-11)21-8-6-12(18)7-9-21/h2-5,10,12H,6-9,18H2,1H3. The summed E-state index contributed by atoms with van der Waals surface area (Å²) in [7, 11) is 0. The number of benzene rings is 1. The molecule has 1 saturated heterocycles. The van der Waals surface area contributed by atoms with Crippen LogP contribution < -0.4 is 10.6 Å². The van der Waals surface area contributed by atoms with Crippen molar-refractivity contribution in [2.75, 3.05) is 18.0 Å². The molecule has 2 N–H and O–H groups in total. The molecule has 0 radical (unpaired) electrons. The minimum atomic E-state index is -0.249. The van der Waals surface area contributed by atoms with Gasteiger partial charge < -0.3 is 10.6 Å². The van der Waals surface area contributed by atoms with Gasteiger partial charge in [0.15, 0.2) is 0 Å². The predicted octanol–water partition coefficient (Wildman–Crippen LogP) is 2.52. The topological polar surface area (TPSA) is 55.0 Å². The van der Waals surface area contributed by atoms with Gasteiger partial charge in [-0.3, -0.25) is 0 Å². The second-order valence-electron chi connectivity index (χ2n) is 5.47. The summed E-state index contributed by atoms with van der Waals surface area (Å²) in [4.78, 5) is 11.1. The van der Waals surface area contributed by atoms with Crippen molar-refractivity contribution in [2.45, 2.75) is 25.8 Å². The maximum absolute atomic E-state index is 13.9. The Morgan fingerprint density at radius 3 is 2.57 bits per heavy atom. The number of aryl methyl sites for hydroxylation is 1. The van der Waals surface area contributed by atoms with Crippen LogP contribution >= 0.6 is 0 Å². The Morgan fingerprint density at radius 1 is 1.19 bits per heavy atom. The Kier molecular flexibility index (Phi) is 3.84. The second kappa shape index (κ2) is 5.77. The molecule has 0 spiro atoms. The fraction of sp³-hybridized carbons (Fsp3) is 0.375. The van der Waals surface area contributed by atoms with E-state index in [9.17, 15) is 4.39 Å². The fourth-order valence-corrected chi connectivity index (χ4v) is 2.65. The number of hydrogen-bond donors (Lipinski definition) is 1. The number of aromatic nitrogens is 2. The third kappa shape index (κ3) is 2.88. The van der Waals surface area contributed by atoms with Crippen LogP contribution in [0.2, 0.25) is 0 Å². The molecular formula is C16H19FN4. The van der Waals surface area contributed by atoms with E-state index in [1.807, 2.05) is 13.0 Å². The molecule has 21 heavy (non-hydrogen) atoms. The van der Waals surface area contributed by atoms with Crippen molar-refractivity contribution in [1.29, 1.82) is 0 Å². The van der Waals surface area contributed by atoms with Gasteiger partial charge in [-0.1, -0.05) is 18.2 Å². The van der Waals surface area contributed by atoms with E-state index in [0.29, 0.717) is 11.5 Å². The third-order valence-electron chi connectivity index (χ3n) is 3.95. The van der Waals surface area contributed by atoms with Crippen molar-refractivity contribution in [2.24, 2.45) is 5.73 Å². The van der Waals surface area contributed by atoms with Crippen LogP contribution in [0.1, 0.15) is 18.5 Å². The molecule has 0 bridgehead atoms. The van der Waals surface area contributed by atoms with Crippen LogP contribution in [0.5, 0.6) is 0 Å². The summed E-state index contributed by atoms with van der Waals surface area (Å²) in [5.74, 6) is 0.459. The van der Waals surface area contributed by atoms with E-state index in [1.165, 1.54) is 6.07 Å². The van der Waals surface area contributed by atoms with Gasteiger partial charge in [-0.25, -0.2) is 14.4 Å². The third-order valence-corrected chi connectivity index (χ3v) is 3.95. The van der Waals surface area contributed by atoms with Crippen LogP contribution in [0.4, 0.5) is 10.3 Å². The zero-order valence-corrected chi connectivity index (χ0v) is 12.1. The van der Waals surface area contributed by atoms with Crippen LogP contribution in [0.15, 0.2) is 30.5 Å². The molecule has 1 aliphatic heterocycles. The van der Waals surface area contributed by atoms with Crippen molar-refractivity contribution >= 4 is 5.95 Å². The van der Waals surface area contributed by atoms with E-state index in [0.717, 1.165) is 37.2 Å². The number of nitrogens with zero attached hydrogens (tertiary/aromatic N) is 3. The highest BCUT2D eigenvalue weighted by Crippen LogP contribution is 2.26. The normalized spacial score (nSPS) is 16.2. The van der Waals surface area contributed by atoms with Crippen LogP contribution in [0, 0.1) is 12.7 Å². The molecule has 110 valence electrons. The molecule has 4 nitrogen and oxygen atoms in total. The molecule has 0 unspecified atom stereocenters. The average molecular weight is 286 g/mol. The first-order valence-electron chi connectivity index (χ1n) is 7.24. The number of rotatable bonds is 2. The Balaban J connectivity index is 1.88. The monoisotopic (exact) mass is 286 g/mol. The minimum absolute atomic E-state index is 0.249. The molecular weight excluding hydrogens is 267 g/mol. The van der Waals surface area contributed by atoms with E-state index in [1.54, 1.807) is 18.3 Å². The number of hydrogen-bond acceptors (Lipinski definition) is 4. The predicted molar refractivity (Wildman–Crippen MR) is 81.6 cm³/mol. The average Bonchev–Trinajstić information content (AvgIpc) is 2.49. The molecule has 0 saturated carbocycles. The van der Waals surface area contributed by atoms with Gasteiger partial charge >= 0.3 is 0 Å². The molecule has 1 aromatic carbocycles. The molecule has 1 aromatic heterocycles. The van der Waals surface area contributed by atoms with Gasteiger partial charge in [0.05, 0.1) is 5.69 Å². The molecule has 3 rings (SSSR count). The molecule has 5 heteroatoms. The number of halogens is 1. The SMILES string of the molecule is Cc1nc(N2CCC(N)CC2)ncc1-c1ccccc1F. The van der Waals surface area contributed by atoms with Gasteiger partial charge in [-0.05, 0) is 25.8 Å². The summed E-state index contributed by atoms with van der Waals surface area (Å²) < 4.78 is 13.9. The Hall–Kier alpha value is -2.01. The summed E-state index contributed by atoms with van der Waals surface area (Å²) >= 11 is 0. The van der Waals surface area contributed by atoms with Crippen molar-refractivity contribution in [3.63, 3.8) is 0 Å². The zero-order chi connectivity index (χ0) is 14.8. The molecule has 0 atom stereocenters. The van der Waals surface area contributed by atoms with E-state index < -0.39 is 0 Å². The Morgan fingerprint density at radius 2 is 1.90 bits per heavy atom.